The van der Waals surface area contributed by atoms with Gasteiger partial charge in [-0.15, -0.1) is 0 Å². The Balaban J connectivity index is 1.93. The monoisotopic (exact) mass is 242 g/mol. The van der Waals surface area contributed by atoms with Gasteiger partial charge in [0.2, 0.25) is 0 Å². The summed E-state index contributed by atoms with van der Waals surface area (Å²) in [4.78, 5) is 11.6. The maximum Gasteiger partial charge on any atom is 0.148 e. The van der Waals surface area contributed by atoms with Gasteiger partial charge >= 0.3 is 0 Å². The van der Waals surface area contributed by atoms with Crippen LogP contribution in [-0.4, -0.2) is 36.1 Å². The van der Waals surface area contributed by atoms with Gasteiger partial charge in [-0.25, -0.2) is 4.98 Å². The summed E-state index contributed by atoms with van der Waals surface area (Å²) in [6, 6.07) is 8.58. The highest BCUT2D eigenvalue weighted by molar-refractivity contribution is 5.75. The maximum absolute atomic E-state index is 4.73. The Kier molecular flexibility index (Phi) is 3.11. The molecule has 1 unspecified atom stereocenters. The number of para-hydroxylation sites is 2. The van der Waals surface area contributed by atoms with E-state index in [0.717, 1.165) is 29.9 Å². The Morgan fingerprint density at radius 2 is 2.17 bits per heavy atom. The lowest BCUT2D eigenvalue weighted by Gasteiger charge is -2.25. The van der Waals surface area contributed by atoms with Crippen molar-refractivity contribution in [2.24, 2.45) is 0 Å². The van der Waals surface area contributed by atoms with Gasteiger partial charge < -0.3 is 10.2 Å². The zero-order valence-corrected chi connectivity index (χ0v) is 10.6. The second-order valence-corrected chi connectivity index (χ2v) is 4.76. The molecule has 94 valence electrons. The lowest BCUT2D eigenvalue weighted by atomic mass is 10.2. The number of aromatic nitrogens is 2. The van der Waals surface area contributed by atoms with Crippen molar-refractivity contribution in [2.45, 2.75) is 18.9 Å². The van der Waals surface area contributed by atoms with Crippen molar-refractivity contribution in [1.29, 1.82) is 0 Å². The largest absolute Gasteiger partial charge is 0.351 e. The first-order chi connectivity index (χ1) is 8.88. The average Bonchev–Trinajstić information content (AvgIpc) is 2.87. The number of nitrogens with one attached hydrogen (secondary N) is 1. The Labute approximate surface area is 107 Å². The highest BCUT2D eigenvalue weighted by Gasteiger charge is 2.25. The molecule has 3 rings (SSSR count). The summed E-state index contributed by atoms with van der Waals surface area (Å²) >= 11 is 0. The second-order valence-electron chi connectivity index (χ2n) is 4.76. The molecule has 1 fully saturated rings. The average molecular weight is 242 g/mol. The number of rotatable bonds is 3. The van der Waals surface area contributed by atoms with Crippen molar-refractivity contribution in [3.8, 4) is 0 Å². The van der Waals surface area contributed by atoms with Crippen molar-refractivity contribution in [3.63, 3.8) is 0 Å². The normalized spacial score (nSPS) is 19.6. The van der Waals surface area contributed by atoms with Crippen LogP contribution in [-0.2, 0) is 0 Å². The fourth-order valence-electron chi connectivity index (χ4n) is 2.67. The number of fused-ring (bicyclic) bond motifs is 1. The summed E-state index contributed by atoms with van der Waals surface area (Å²) in [5.74, 6) is 1.01. The van der Waals surface area contributed by atoms with E-state index in [1.165, 1.54) is 12.8 Å². The minimum absolute atomic E-state index is 0.547. The molecule has 0 bridgehead atoms. The molecule has 1 aliphatic rings. The van der Waals surface area contributed by atoms with E-state index in [0.29, 0.717) is 6.04 Å². The van der Waals surface area contributed by atoms with Crippen molar-refractivity contribution in [1.82, 2.24) is 15.3 Å². The number of benzene rings is 1. The SMILES string of the molecule is CNCC1CCCN1c1cnc2ccccc2n1. The van der Waals surface area contributed by atoms with E-state index in [2.05, 4.69) is 15.2 Å². The van der Waals surface area contributed by atoms with Gasteiger partial charge in [-0.2, -0.15) is 0 Å². The Bertz CT molecular complexity index is 540. The molecule has 0 saturated carbocycles. The van der Waals surface area contributed by atoms with E-state index >= 15 is 0 Å². The third kappa shape index (κ3) is 2.04. The fourth-order valence-corrected chi connectivity index (χ4v) is 2.67. The van der Waals surface area contributed by atoms with Crippen molar-refractivity contribution >= 4 is 16.9 Å². The van der Waals surface area contributed by atoms with Gasteiger partial charge in [-0.3, -0.25) is 4.98 Å². The maximum atomic E-state index is 4.73. The quantitative estimate of drug-likeness (QED) is 0.891. The van der Waals surface area contributed by atoms with E-state index in [1.54, 1.807) is 0 Å². The summed E-state index contributed by atoms with van der Waals surface area (Å²) in [5.41, 5.74) is 1.94. The number of anilines is 1. The van der Waals surface area contributed by atoms with Gasteiger partial charge in [0.25, 0.3) is 0 Å². The lowest BCUT2D eigenvalue weighted by molar-refractivity contribution is 0.612. The second kappa shape index (κ2) is 4.90. The fraction of sp³-hybridized carbons (Fsp3) is 0.429. The van der Waals surface area contributed by atoms with E-state index in [1.807, 2.05) is 37.5 Å². The smallest absolute Gasteiger partial charge is 0.148 e. The molecule has 1 N–H and O–H groups in total. The summed E-state index contributed by atoms with van der Waals surface area (Å²) in [6.45, 7) is 2.09. The summed E-state index contributed by atoms with van der Waals surface area (Å²) in [7, 11) is 2.00. The molecule has 0 amide bonds. The van der Waals surface area contributed by atoms with Crippen LogP contribution in [0.15, 0.2) is 30.5 Å². The van der Waals surface area contributed by atoms with Crippen LogP contribution in [0.3, 0.4) is 0 Å². The van der Waals surface area contributed by atoms with Crippen LogP contribution in [0.25, 0.3) is 11.0 Å². The highest BCUT2D eigenvalue weighted by atomic mass is 15.2. The minimum Gasteiger partial charge on any atom is -0.351 e. The van der Waals surface area contributed by atoms with Gasteiger partial charge in [0.15, 0.2) is 0 Å². The molecule has 0 spiro atoms. The topological polar surface area (TPSA) is 41.0 Å². The zero-order valence-electron chi connectivity index (χ0n) is 10.6. The standard InChI is InChI=1S/C14H18N4/c1-15-9-11-5-4-8-18(11)14-10-16-12-6-2-3-7-13(12)17-14/h2-3,6-7,10-11,15H,4-5,8-9H2,1H3. The number of hydrogen-bond acceptors (Lipinski definition) is 4. The lowest BCUT2D eigenvalue weighted by Crippen LogP contribution is -2.37. The molecule has 1 aromatic heterocycles. The van der Waals surface area contributed by atoms with E-state index in [4.69, 9.17) is 4.98 Å². The van der Waals surface area contributed by atoms with Crippen LogP contribution in [0.5, 0.6) is 0 Å². The molecule has 18 heavy (non-hydrogen) atoms. The van der Waals surface area contributed by atoms with Crippen molar-refractivity contribution < 1.29 is 0 Å². The summed E-state index contributed by atoms with van der Waals surface area (Å²) in [5, 5.41) is 3.26. The number of nitrogens with zero attached hydrogens (tertiary/aromatic N) is 3. The molecular weight excluding hydrogens is 224 g/mol. The summed E-state index contributed by atoms with van der Waals surface area (Å²) < 4.78 is 0. The molecule has 4 nitrogen and oxygen atoms in total. The third-order valence-electron chi connectivity index (χ3n) is 3.55. The zero-order chi connectivity index (χ0) is 12.4. The molecule has 2 aromatic rings. The first kappa shape index (κ1) is 11.4. The molecule has 1 atom stereocenters. The molecular formula is C14H18N4. The van der Waals surface area contributed by atoms with E-state index in [9.17, 15) is 0 Å². The van der Waals surface area contributed by atoms with Gasteiger partial charge in [-0.05, 0) is 32.0 Å². The van der Waals surface area contributed by atoms with Crippen LogP contribution < -0.4 is 10.2 Å². The highest BCUT2D eigenvalue weighted by Crippen LogP contribution is 2.24. The number of likely N-dealkylation sites (N-methyl/N-ethyl adjacent to an activating group) is 1. The molecule has 1 aromatic carbocycles. The molecule has 0 aliphatic carbocycles. The van der Waals surface area contributed by atoms with Crippen molar-refractivity contribution in [3.05, 3.63) is 30.5 Å². The summed E-state index contributed by atoms with van der Waals surface area (Å²) in [6.07, 6.45) is 4.37. The van der Waals surface area contributed by atoms with Crippen LogP contribution in [0.2, 0.25) is 0 Å². The van der Waals surface area contributed by atoms with E-state index in [-0.39, 0.29) is 0 Å². The molecule has 2 heterocycles. The first-order valence-electron chi connectivity index (χ1n) is 6.51. The Hall–Kier alpha value is -1.68. The van der Waals surface area contributed by atoms with Crippen LogP contribution in [0, 0.1) is 0 Å². The van der Waals surface area contributed by atoms with Crippen LogP contribution >= 0.6 is 0 Å². The number of hydrogen-bond donors (Lipinski definition) is 1. The molecule has 1 aliphatic heterocycles. The van der Waals surface area contributed by atoms with Gasteiger partial charge in [0, 0.05) is 19.1 Å². The van der Waals surface area contributed by atoms with Crippen LogP contribution in [0.4, 0.5) is 5.82 Å². The molecule has 4 heteroatoms. The predicted molar refractivity (Wildman–Crippen MR) is 73.8 cm³/mol. The predicted octanol–water partition coefficient (Wildman–Crippen LogP) is 1.82. The minimum atomic E-state index is 0.547. The molecule has 1 saturated heterocycles. The van der Waals surface area contributed by atoms with Gasteiger partial charge in [0.1, 0.15) is 5.82 Å². The first-order valence-corrected chi connectivity index (χ1v) is 6.51. The van der Waals surface area contributed by atoms with Crippen LogP contribution in [0.1, 0.15) is 12.8 Å². The van der Waals surface area contributed by atoms with Gasteiger partial charge in [0.05, 0.1) is 17.2 Å². The Morgan fingerprint density at radius 1 is 1.33 bits per heavy atom. The third-order valence-corrected chi connectivity index (χ3v) is 3.55. The van der Waals surface area contributed by atoms with Crippen molar-refractivity contribution in [2.75, 3.05) is 25.0 Å². The Morgan fingerprint density at radius 3 is 3.00 bits per heavy atom. The van der Waals surface area contributed by atoms with Gasteiger partial charge in [-0.1, -0.05) is 12.1 Å². The van der Waals surface area contributed by atoms with E-state index < -0.39 is 0 Å². The molecule has 0 radical (unpaired) electrons.